The number of piperidine rings is 1. The van der Waals surface area contributed by atoms with Crippen LogP contribution in [0.3, 0.4) is 0 Å². The van der Waals surface area contributed by atoms with Crippen molar-refractivity contribution in [1.82, 2.24) is 4.90 Å². The molecule has 0 radical (unpaired) electrons. The predicted molar refractivity (Wildman–Crippen MR) is 44.0 cm³/mol. The Morgan fingerprint density at radius 3 is 3.08 bits per heavy atom. The third-order valence-corrected chi connectivity index (χ3v) is 1.94. The third-order valence-electron chi connectivity index (χ3n) is 1.83. The molecular formula is C7H12ClNO3. The van der Waals surface area contributed by atoms with Gasteiger partial charge in [0.05, 0.1) is 6.10 Å². The van der Waals surface area contributed by atoms with Crippen molar-refractivity contribution in [1.29, 1.82) is 0 Å². The van der Waals surface area contributed by atoms with Crippen LogP contribution in [-0.2, 0) is 4.74 Å². The van der Waals surface area contributed by atoms with Crippen molar-refractivity contribution in [3.05, 3.63) is 0 Å². The van der Waals surface area contributed by atoms with Gasteiger partial charge in [-0.1, -0.05) is 11.6 Å². The van der Waals surface area contributed by atoms with E-state index in [2.05, 4.69) is 4.74 Å². The second kappa shape index (κ2) is 4.52. The highest BCUT2D eigenvalue weighted by molar-refractivity contribution is 6.17. The second-order valence-corrected chi connectivity index (χ2v) is 2.98. The number of likely N-dealkylation sites (tertiary alicyclic amines) is 1. The number of hydrogen-bond donors (Lipinski definition) is 1. The fourth-order valence-electron chi connectivity index (χ4n) is 1.26. The van der Waals surface area contributed by atoms with Crippen molar-refractivity contribution in [3.8, 4) is 0 Å². The number of alkyl halides is 1. The van der Waals surface area contributed by atoms with Crippen LogP contribution in [0.1, 0.15) is 12.8 Å². The Labute approximate surface area is 76.1 Å². The van der Waals surface area contributed by atoms with Gasteiger partial charge in [0, 0.05) is 13.1 Å². The fraction of sp³-hybridized carbons (Fsp3) is 0.857. The number of ether oxygens (including phenoxy) is 1. The number of nitrogens with zero attached hydrogens (tertiary/aromatic N) is 1. The van der Waals surface area contributed by atoms with Crippen molar-refractivity contribution in [2.75, 3.05) is 19.2 Å². The molecule has 1 rings (SSSR count). The molecule has 4 nitrogen and oxygen atoms in total. The highest BCUT2D eigenvalue weighted by Crippen LogP contribution is 2.10. The van der Waals surface area contributed by atoms with E-state index in [9.17, 15) is 9.90 Å². The summed E-state index contributed by atoms with van der Waals surface area (Å²) in [5.74, 6) is 0. The number of aliphatic hydroxyl groups is 1. The van der Waals surface area contributed by atoms with E-state index in [-0.39, 0.29) is 6.07 Å². The number of aliphatic hydroxyl groups excluding tert-OH is 1. The standard InChI is InChI=1S/C7H12ClNO3/c8-5-12-7(11)9-3-1-2-6(10)4-9/h6,10H,1-5H2. The molecule has 1 aliphatic heterocycles. The Morgan fingerprint density at radius 1 is 1.75 bits per heavy atom. The summed E-state index contributed by atoms with van der Waals surface area (Å²) in [6, 6.07) is -0.134. The Balaban J connectivity index is 2.35. The lowest BCUT2D eigenvalue weighted by atomic mass is 10.1. The van der Waals surface area contributed by atoms with Gasteiger partial charge < -0.3 is 14.7 Å². The minimum Gasteiger partial charge on any atom is -0.433 e. The van der Waals surface area contributed by atoms with Gasteiger partial charge in [-0.3, -0.25) is 0 Å². The molecule has 0 saturated carbocycles. The first-order chi connectivity index (χ1) is 5.74. The smallest absolute Gasteiger partial charge is 0.411 e. The molecule has 0 bridgehead atoms. The van der Waals surface area contributed by atoms with Crippen LogP contribution in [0.2, 0.25) is 0 Å². The lowest BCUT2D eigenvalue weighted by Crippen LogP contribution is -2.42. The number of hydrogen-bond acceptors (Lipinski definition) is 3. The summed E-state index contributed by atoms with van der Waals surface area (Å²) in [4.78, 5) is 12.5. The van der Waals surface area contributed by atoms with Crippen molar-refractivity contribution in [2.45, 2.75) is 18.9 Å². The third kappa shape index (κ3) is 2.53. The summed E-state index contributed by atoms with van der Waals surface area (Å²) in [5, 5.41) is 9.21. The minimum absolute atomic E-state index is 0.134. The summed E-state index contributed by atoms with van der Waals surface area (Å²) in [6.45, 7) is 1.00. The number of rotatable bonds is 1. The minimum atomic E-state index is -0.441. The largest absolute Gasteiger partial charge is 0.433 e. The molecule has 1 fully saturated rings. The molecule has 5 heteroatoms. The van der Waals surface area contributed by atoms with Gasteiger partial charge in [-0.25, -0.2) is 4.79 Å². The maximum absolute atomic E-state index is 11.1. The van der Waals surface area contributed by atoms with Crippen LogP contribution in [0.5, 0.6) is 0 Å². The van der Waals surface area contributed by atoms with E-state index < -0.39 is 12.2 Å². The molecule has 70 valence electrons. The monoisotopic (exact) mass is 193 g/mol. The maximum atomic E-state index is 11.1. The highest BCUT2D eigenvalue weighted by Gasteiger charge is 2.22. The number of carbonyl (C=O) groups is 1. The van der Waals surface area contributed by atoms with Crippen LogP contribution in [0.15, 0.2) is 0 Å². The van der Waals surface area contributed by atoms with Gasteiger partial charge in [-0.15, -0.1) is 0 Å². The van der Waals surface area contributed by atoms with E-state index in [1.54, 1.807) is 0 Å². The molecule has 0 spiro atoms. The van der Waals surface area contributed by atoms with Gasteiger partial charge in [-0.2, -0.15) is 0 Å². The molecule has 1 heterocycles. The van der Waals surface area contributed by atoms with E-state index in [1.165, 1.54) is 4.90 Å². The van der Waals surface area contributed by atoms with Gasteiger partial charge in [-0.05, 0) is 12.8 Å². The number of amides is 1. The molecule has 0 aromatic rings. The molecule has 1 atom stereocenters. The van der Waals surface area contributed by atoms with Gasteiger partial charge in [0.15, 0.2) is 6.07 Å². The van der Waals surface area contributed by atoms with E-state index in [4.69, 9.17) is 11.6 Å². The summed E-state index contributed by atoms with van der Waals surface area (Å²) in [7, 11) is 0. The van der Waals surface area contributed by atoms with Crippen LogP contribution in [0, 0.1) is 0 Å². The van der Waals surface area contributed by atoms with E-state index in [0.717, 1.165) is 12.8 Å². The fourth-order valence-corrected chi connectivity index (χ4v) is 1.35. The topological polar surface area (TPSA) is 49.8 Å². The zero-order valence-electron chi connectivity index (χ0n) is 6.70. The molecule has 12 heavy (non-hydrogen) atoms. The SMILES string of the molecule is O=C(OCCl)N1CCCC(O)C1. The second-order valence-electron chi connectivity index (χ2n) is 2.76. The first-order valence-electron chi connectivity index (χ1n) is 3.89. The molecule has 1 saturated heterocycles. The van der Waals surface area contributed by atoms with Crippen molar-refractivity contribution < 1.29 is 14.6 Å². The van der Waals surface area contributed by atoms with Crippen molar-refractivity contribution in [3.63, 3.8) is 0 Å². The zero-order valence-corrected chi connectivity index (χ0v) is 7.46. The van der Waals surface area contributed by atoms with E-state index in [1.807, 2.05) is 0 Å². The molecule has 1 amide bonds. The lowest BCUT2D eigenvalue weighted by molar-refractivity contribution is 0.0556. The molecule has 0 aromatic carbocycles. The van der Waals surface area contributed by atoms with E-state index >= 15 is 0 Å². The Kier molecular flexibility index (Phi) is 3.62. The van der Waals surface area contributed by atoms with Gasteiger partial charge >= 0.3 is 6.09 Å². The van der Waals surface area contributed by atoms with Crippen LogP contribution in [0.25, 0.3) is 0 Å². The van der Waals surface area contributed by atoms with Crippen molar-refractivity contribution in [2.24, 2.45) is 0 Å². The Hall–Kier alpha value is -0.480. The number of carbonyl (C=O) groups excluding carboxylic acids is 1. The van der Waals surface area contributed by atoms with Gasteiger partial charge in [0.25, 0.3) is 0 Å². The molecular weight excluding hydrogens is 182 g/mol. The lowest BCUT2D eigenvalue weighted by Gasteiger charge is -2.28. The van der Waals surface area contributed by atoms with E-state index in [0.29, 0.717) is 13.1 Å². The van der Waals surface area contributed by atoms with Gasteiger partial charge in [0.1, 0.15) is 0 Å². The highest BCUT2D eigenvalue weighted by atomic mass is 35.5. The summed E-state index contributed by atoms with van der Waals surface area (Å²) >= 11 is 5.22. The molecule has 1 unspecified atom stereocenters. The molecule has 1 aliphatic rings. The summed E-state index contributed by atoms with van der Waals surface area (Å²) < 4.78 is 4.57. The van der Waals surface area contributed by atoms with Crippen molar-refractivity contribution >= 4 is 17.7 Å². The summed E-state index contributed by atoms with van der Waals surface area (Å²) in [6.07, 6.45) is 0.716. The normalized spacial score (nSPS) is 23.8. The zero-order chi connectivity index (χ0) is 8.97. The van der Waals surface area contributed by atoms with Gasteiger partial charge in [0.2, 0.25) is 0 Å². The summed E-state index contributed by atoms with van der Waals surface area (Å²) in [5.41, 5.74) is 0. The Bertz CT molecular complexity index is 165. The number of halogens is 1. The maximum Gasteiger partial charge on any atom is 0.411 e. The Morgan fingerprint density at radius 2 is 2.50 bits per heavy atom. The average molecular weight is 194 g/mol. The molecule has 0 aliphatic carbocycles. The average Bonchev–Trinajstić information content (AvgIpc) is 2.05. The number of β-amino-alcohol motifs (C(OH)–C–C–N with tert-alkyl or cyclic N) is 1. The quantitative estimate of drug-likeness (QED) is 0.626. The molecule has 0 aromatic heterocycles. The van der Waals surface area contributed by atoms with Crippen LogP contribution in [0.4, 0.5) is 4.79 Å². The first-order valence-corrected chi connectivity index (χ1v) is 4.43. The van der Waals surface area contributed by atoms with Crippen LogP contribution < -0.4 is 0 Å². The predicted octanol–water partition coefficient (Wildman–Crippen LogP) is 0.776. The molecule has 1 N–H and O–H groups in total. The first kappa shape index (κ1) is 9.61. The van der Waals surface area contributed by atoms with Crippen LogP contribution >= 0.6 is 11.6 Å². The van der Waals surface area contributed by atoms with Crippen LogP contribution in [-0.4, -0.2) is 41.4 Å².